The van der Waals surface area contributed by atoms with E-state index in [-0.39, 0.29) is 17.0 Å². The molecule has 0 atom stereocenters. The van der Waals surface area contributed by atoms with E-state index < -0.39 is 0 Å². The van der Waals surface area contributed by atoms with Crippen molar-refractivity contribution in [2.75, 3.05) is 18.9 Å². The summed E-state index contributed by atoms with van der Waals surface area (Å²) < 4.78 is 2.12. The van der Waals surface area contributed by atoms with E-state index in [9.17, 15) is 14.9 Å². The van der Waals surface area contributed by atoms with Gasteiger partial charge in [-0.25, -0.2) is 0 Å². The summed E-state index contributed by atoms with van der Waals surface area (Å²) in [5, 5.41) is 13.1. The zero-order valence-electron chi connectivity index (χ0n) is 18.5. The molecule has 0 radical (unpaired) electrons. The molecule has 1 fully saturated rings. The van der Waals surface area contributed by atoms with Crippen LogP contribution in [0.2, 0.25) is 0 Å². The fourth-order valence-electron chi connectivity index (χ4n) is 3.53. The Morgan fingerprint density at radius 2 is 1.97 bits per heavy atom. The fourth-order valence-corrected chi connectivity index (χ4v) is 4.69. The van der Waals surface area contributed by atoms with E-state index in [4.69, 9.17) is 12.2 Å². The van der Waals surface area contributed by atoms with Gasteiger partial charge in [0.15, 0.2) is 0 Å². The molecule has 1 amide bonds. The largest absolute Gasteiger partial charge is 0.371 e. The number of nitrogens with one attached hydrogen (secondary N) is 1. The van der Waals surface area contributed by atoms with E-state index >= 15 is 0 Å². The van der Waals surface area contributed by atoms with Crippen molar-refractivity contribution in [3.05, 3.63) is 67.8 Å². The van der Waals surface area contributed by atoms with Crippen molar-refractivity contribution in [3.8, 4) is 6.07 Å². The second-order valence-electron chi connectivity index (χ2n) is 7.59. The van der Waals surface area contributed by atoms with Gasteiger partial charge in [0.25, 0.3) is 11.5 Å². The number of benzene rings is 1. The van der Waals surface area contributed by atoms with Gasteiger partial charge in [-0.1, -0.05) is 67.7 Å². The fraction of sp³-hybridized carbons (Fsp3) is 0.333. The van der Waals surface area contributed by atoms with Crippen LogP contribution in [-0.2, 0) is 17.8 Å². The number of unbranched alkanes of at least 4 members (excludes halogenated alkanes) is 1. The van der Waals surface area contributed by atoms with Crippen LogP contribution in [0.25, 0.3) is 6.08 Å². The first-order valence-electron chi connectivity index (χ1n) is 10.6. The Bertz CT molecular complexity index is 1160. The lowest BCUT2D eigenvalue weighted by Gasteiger charge is -2.20. The van der Waals surface area contributed by atoms with Crippen LogP contribution in [0.5, 0.6) is 0 Å². The molecule has 1 aromatic carbocycles. The molecule has 0 unspecified atom stereocenters. The summed E-state index contributed by atoms with van der Waals surface area (Å²) in [4.78, 5) is 27.6. The van der Waals surface area contributed by atoms with E-state index in [2.05, 4.69) is 30.4 Å². The number of hydrogen-bond acceptors (Lipinski definition) is 6. The second-order valence-corrected chi connectivity index (χ2v) is 9.26. The highest BCUT2D eigenvalue weighted by Crippen LogP contribution is 2.34. The molecule has 2 aromatic rings. The van der Waals surface area contributed by atoms with Crippen molar-refractivity contribution in [3.63, 3.8) is 0 Å². The molecule has 2 heterocycles. The van der Waals surface area contributed by atoms with Crippen LogP contribution in [0.15, 0.2) is 40.0 Å². The van der Waals surface area contributed by atoms with Crippen LogP contribution >= 0.6 is 24.0 Å². The standard InChI is InChI=1S/C24H26N4O2S2/c1-4-5-13-28-21(26-12-11-17-9-7-6-8-10-17)18(16(2)19(15-25)22(28)29)14-20-23(30)27(3)24(31)32-20/h6-10,14,26H,4-5,11-13H2,1-3H3/b20-14+. The normalized spacial score (nSPS) is 14.8. The molecule has 166 valence electrons. The van der Waals surface area contributed by atoms with Crippen molar-refractivity contribution < 1.29 is 4.79 Å². The van der Waals surface area contributed by atoms with Gasteiger partial charge in [0, 0.05) is 25.7 Å². The maximum absolute atomic E-state index is 13.1. The molecule has 1 N–H and O–H groups in total. The van der Waals surface area contributed by atoms with Crippen molar-refractivity contribution >= 4 is 46.1 Å². The Labute approximate surface area is 197 Å². The Morgan fingerprint density at radius 3 is 2.56 bits per heavy atom. The maximum atomic E-state index is 13.1. The van der Waals surface area contributed by atoms with Crippen LogP contribution in [0.1, 0.15) is 42.0 Å². The molecule has 0 aliphatic carbocycles. The number of anilines is 1. The third kappa shape index (κ3) is 4.95. The number of aromatic nitrogens is 1. The van der Waals surface area contributed by atoms with Gasteiger partial charge >= 0.3 is 0 Å². The molecule has 32 heavy (non-hydrogen) atoms. The molecule has 3 rings (SSSR count). The number of thioether (sulfide) groups is 1. The van der Waals surface area contributed by atoms with Crippen LogP contribution in [0, 0.1) is 18.3 Å². The van der Waals surface area contributed by atoms with Gasteiger partial charge in [0.05, 0.1) is 4.91 Å². The van der Waals surface area contributed by atoms with Gasteiger partial charge in [-0.2, -0.15) is 5.26 Å². The van der Waals surface area contributed by atoms with E-state index in [1.54, 1.807) is 24.6 Å². The number of nitrogens with zero attached hydrogens (tertiary/aromatic N) is 3. The monoisotopic (exact) mass is 466 g/mol. The first kappa shape index (κ1) is 23.8. The van der Waals surface area contributed by atoms with Gasteiger partial charge in [0.1, 0.15) is 21.8 Å². The van der Waals surface area contributed by atoms with Crippen LogP contribution in [0.3, 0.4) is 0 Å². The topological polar surface area (TPSA) is 78.1 Å². The Balaban J connectivity index is 2.10. The molecule has 0 saturated carbocycles. The molecule has 1 aliphatic heterocycles. The summed E-state index contributed by atoms with van der Waals surface area (Å²) in [6, 6.07) is 12.2. The third-order valence-electron chi connectivity index (χ3n) is 5.42. The molecule has 1 aromatic heterocycles. The molecule has 0 spiro atoms. The minimum atomic E-state index is -0.305. The minimum Gasteiger partial charge on any atom is -0.371 e. The predicted molar refractivity (Wildman–Crippen MR) is 135 cm³/mol. The SMILES string of the molecule is CCCCn1c(NCCc2ccccc2)c(/C=C2/SC(=S)N(C)C2=O)c(C)c(C#N)c1=O. The van der Waals surface area contributed by atoms with Gasteiger partial charge in [-0.3, -0.25) is 19.1 Å². The summed E-state index contributed by atoms with van der Waals surface area (Å²) in [5.74, 6) is 0.455. The van der Waals surface area contributed by atoms with Gasteiger partial charge in [-0.15, -0.1) is 0 Å². The van der Waals surface area contributed by atoms with Crippen molar-refractivity contribution in [2.24, 2.45) is 0 Å². The zero-order chi connectivity index (χ0) is 23.3. The predicted octanol–water partition coefficient (Wildman–Crippen LogP) is 4.31. The number of rotatable bonds is 8. The molecule has 8 heteroatoms. The Hall–Kier alpha value is -2.89. The van der Waals surface area contributed by atoms with Crippen molar-refractivity contribution in [1.29, 1.82) is 5.26 Å². The third-order valence-corrected chi connectivity index (χ3v) is 6.91. The van der Waals surface area contributed by atoms with Crippen LogP contribution in [0.4, 0.5) is 5.82 Å². The minimum absolute atomic E-state index is 0.105. The van der Waals surface area contributed by atoms with Gasteiger partial charge in [0.2, 0.25) is 0 Å². The first-order chi connectivity index (χ1) is 15.4. The lowest BCUT2D eigenvalue weighted by atomic mass is 10.0. The number of nitriles is 1. The summed E-state index contributed by atoms with van der Waals surface area (Å²) in [5.41, 5.74) is 2.23. The average molecular weight is 467 g/mol. The van der Waals surface area contributed by atoms with E-state index in [0.717, 1.165) is 19.3 Å². The molecule has 0 bridgehead atoms. The average Bonchev–Trinajstić information content (AvgIpc) is 3.03. The molecule has 1 saturated heterocycles. The quantitative estimate of drug-likeness (QED) is 0.461. The highest BCUT2D eigenvalue weighted by Gasteiger charge is 2.30. The summed E-state index contributed by atoms with van der Waals surface area (Å²) in [6.07, 6.45) is 4.25. The maximum Gasteiger partial charge on any atom is 0.270 e. The lowest BCUT2D eigenvalue weighted by molar-refractivity contribution is -0.121. The van der Waals surface area contributed by atoms with Crippen molar-refractivity contribution in [2.45, 2.75) is 39.7 Å². The first-order valence-corrected chi connectivity index (χ1v) is 11.8. The Morgan fingerprint density at radius 1 is 1.25 bits per heavy atom. The van der Waals surface area contributed by atoms with Crippen LogP contribution in [-0.4, -0.2) is 33.3 Å². The van der Waals surface area contributed by atoms with E-state index in [0.29, 0.717) is 39.3 Å². The molecular formula is C24H26N4O2S2. The summed E-state index contributed by atoms with van der Waals surface area (Å²) in [6.45, 7) is 4.91. The Kier molecular flexibility index (Phi) is 7.89. The summed E-state index contributed by atoms with van der Waals surface area (Å²) >= 11 is 6.49. The molecule has 1 aliphatic rings. The molecular weight excluding hydrogens is 440 g/mol. The number of likely N-dealkylation sites (N-methyl/N-ethyl adjacent to an activating group) is 1. The van der Waals surface area contributed by atoms with Gasteiger partial charge in [-0.05, 0) is 37.0 Å². The number of carbonyl (C=O) groups excluding carboxylic acids is 1. The van der Waals surface area contributed by atoms with Crippen LogP contribution < -0.4 is 10.9 Å². The zero-order valence-corrected chi connectivity index (χ0v) is 20.1. The highest BCUT2D eigenvalue weighted by atomic mass is 32.2. The number of amides is 1. The smallest absolute Gasteiger partial charge is 0.270 e. The molecule has 6 nitrogen and oxygen atoms in total. The highest BCUT2D eigenvalue weighted by molar-refractivity contribution is 8.26. The van der Waals surface area contributed by atoms with Gasteiger partial charge < -0.3 is 5.32 Å². The number of carbonyl (C=O) groups is 1. The van der Waals surface area contributed by atoms with E-state index in [1.807, 2.05) is 18.2 Å². The number of hydrogen-bond donors (Lipinski definition) is 1. The number of pyridine rings is 1. The van der Waals surface area contributed by atoms with E-state index in [1.165, 1.54) is 22.2 Å². The van der Waals surface area contributed by atoms with Crippen molar-refractivity contribution in [1.82, 2.24) is 9.47 Å². The lowest BCUT2D eigenvalue weighted by Crippen LogP contribution is -2.29. The number of thiocarbonyl (C=S) groups is 1. The summed E-state index contributed by atoms with van der Waals surface area (Å²) in [7, 11) is 1.65. The second kappa shape index (κ2) is 10.6.